The Morgan fingerprint density at radius 3 is 2.68 bits per heavy atom. The maximum atomic E-state index is 11.2. The molecule has 0 aliphatic carbocycles. The molecular weight excluding hydrogens is 324 g/mol. The van der Waals surface area contributed by atoms with Crippen LogP contribution in [0, 0.1) is 11.5 Å². The highest BCUT2D eigenvalue weighted by atomic mass is 79.9. The van der Waals surface area contributed by atoms with Crippen LogP contribution in [0.4, 0.5) is 4.79 Å². The summed E-state index contributed by atoms with van der Waals surface area (Å²) in [6.45, 7) is 6.39. The zero-order valence-electron chi connectivity index (χ0n) is 10.9. The Morgan fingerprint density at radius 2 is 2.11 bits per heavy atom. The van der Waals surface area contributed by atoms with Gasteiger partial charge in [-0.3, -0.25) is 0 Å². The first-order valence-corrected chi connectivity index (χ1v) is 10.0. The summed E-state index contributed by atoms with van der Waals surface area (Å²) in [5, 5.41) is 14.0. The van der Waals surface area contributed by atoms with E-state index in [0.29, 0.717) is 11.2 Å². The molecule has 2 aromatic rings. The monoisotopic (exact) mass is 336 g/mol. The summed E-state index contributed by atoms with van der Waals surface area (Å²) < 4.78 is 1.84. The molecule has 0 spiro atoms. The number of benzene rings is 1. The number of nitrogens with zero attached hydrogens (tertiary/aromatic N) is 2. The van der Waals surface area contributed by atoms with E-state index in [-0.39, 0.29) is 0 Å². The van der Waals surface area contributed by atoms with Gasteiger partial charge >= 0.3 is 6.09 Å². The molecule has 98 valence electrons. The zero-order valence-corrected chi connectivity index (χ0v) is 13.4. The normalized spacial score (nSPS) is 11.2. The van der Waals surface area contributed by atoms with Gasteiger partial charge in [0.1, 0.15) is 13.8 Å². The summed E-state index contributed by atoms with van der Waals surface area (Å²) in [7, 11) is -1.53. The Labute approximate surface area is 120 Å². The van der Waals surface area contributed by atoms with E-state index >= 15 is 0 Å². The van der Waals surface area contributed by atoms with Gasteiger partial charge in [0.05, 0.1) is 5.52 Å². The predicted octanol–water partition coefficient (Wildman–Crippen LogP) is 3.55. The van der Waals surface area contributed by atoms with Crippen molar-refractivity contribution in [3.63, 3.8) is 0 Å². The molecule has 0 bridgehead atoms. The maximum absolute atomic E-state index is 11.2. The van der Waals surface area contributed by atoms with Crippen molar-refractivity contribution >= 4 is 41.0 Å². The minimum absolute atomic E-state index is 0.515. The molecule has 0 fully saturated rings. The second-order valence-electron chi connectivity index (χ2n) is 5.20. The number of aromatic nitrogens is 2. The number of rotatable bonds is 0. The van der Waals surface area contributed by atoms with Gasteiger partial charge in [0.15, 0.2) is 0 Å². The number of halogens is 1. The largest absolute Gasteiger partial charge is 0.463 e. The minimum atomic E-state index is -1.53. The van der Waals surface area contributed by atoms with E-state index in [1.807, 2.05) is 6.07 Å². The van der Waals surface area contributed by atoms with Gasteiger partial charge in [0.2, 0.25) is 0 Å². The number of hydrogen-bond acceptors (Lipinski definition) is 2. The molecule has 1 heterocycles. The van der Waals surface area contributed by atoms with Gasteiger partial charge < -0.3 is 5.11 Å². The van der Waals surface area contributed by atoms with Crippen LogP contribution in [-0.2, 0) is 0 Å². The Hall–Kier alpha value is -1.58. The molecule has 2 rings (SSSR count). The third-order valence-electron chi connectivity index (χ3n) is 2.38. The molecule has 1 aromatic heterocycles. The van der Waals surface area contributed by atoms with Crippen molar-refractivity contribution in [3.8, 4) is 11.5 Å². The summed E-state index contributed by atoms with van der Waals surface area (Å²) in [6, 6.07) is 5.36. The first-order chi connectivity index (χ1) is 8.78. The number of hydrogen-bond donors (Lipinski definition) is 1. The number of carboxylic acid groups (broad SMARTS) is 1. The van der Waals surface area contributed by atoms with E-state index in [1.165, 1.54) is 0 Å². The van der Waals surface area contributed by atoms with Gasteiger partial charge in [0, 0.05) is 9.86 Å². The lowest BCUT2D eigenvalue weighted by Gasteiger charge is -2.02. The van der Waals surface area contributed by atoms with Crippen LogP contribution in [0.25, 0.3) is 10.9 Å². The fourth-order valence-corrected chi connectivity index (χ4v) is 2.43. The molecule has 0 aliphatic heterocycles. The fourth-order valence-electron chi connectivity index (χ4n) is 1.58. The summed E-state index contributed by atoms with van der Waals surface area (Å²) in [6.07, 6.45) is -1.10. The van der Waals surface area contributed by atoms with E-state index in [9.17, 15) is 4.79 Å². The SMILES string of the molecule is C[Si](C)(C)C#Cc1nn(C(=O)O)c2ccc(Br)cc12. The standard InChI is InChI=1S/C13H13BrN2O2Si/c1-19(2,3)7-6-11-10-8-9(14)4-5-12(10)16(15-11)13(17)18/h4-5,8H,1-3H3,(H,17,18). The van der Waals surface area contributed by atoms with Crippen LogP contribution in [0.1, 0.15) is 5.69 Å². The van der Waals surface area contributed by atoms with Crippen molar-refractivity contribution < 1.29 is 9.90 Å². The lowest BCUT2D eigenvalue weighted by Crippen LogP contribution is -2.16. The highest BCUT2D eigenvalue weighted by molar-refractivity contribution is 9.10. The van der Waals surface area contributed by atoms with Crippen molar-refractivity contribution in [2.75, 3.05) is 0 Å². The Kier molecular flexibility index (Phi) is 3.52. The molecule has 1 aromatic carbocycles. The van der Waals surface area contributed by atoms with Crippen molar-refractivity contribution in [1.82, 2.24) is 9.78 Å². The molecule has 19 heavy (non-hydrogen) atoms. The quantitative estimate of drug-likeness (QED) is 0.591. The molecule has 0 amide bonds. The van der Waals surface area contributed by atoms with Gasteiger partial charge in [-0.05, 0) is 18.2 Å². The van der Waals surface area contributed by atoms with Crippen LogP contribution in [0.5, 0.6) is 0 Å². The van der Waals surface area contributed by atoms with Crippen LogP contribution in [0.15, 0.2) is 22.7 Å². The van der Waals surface area contributed by atoms with Crippen LogP contribution in [0.3, 0.4) is 0 Å². The lowest BCUT2D eigenvalue weighted by molar-refractivity contribution is 0.194. The molecule has 0 saturated carbocycles. The highest BCUT2D eigenvalue weighted by Crippen LogP contribution is 2.22. The van der Waals surface area contributed by atoms with Gasteiger partial charge in [-0.25, -0.2) is 4.79 Å². The first-order valence-electron chi connectivity index (χ1n) is 5.73. The predicted molar refractivity (Wildman–Crippen MR) is 81.1 cm³/mol. The second-order valence-corrected chi connectivity index (χ2v) is 10.9. The molecule has 4 nitrogen and oxygen atoms in total. The summed E-state index contributed by atoms with van der Waals surface area (Å²) in [4.78, 5) is 11.2. The average molecular weight is 337 g/mol. The molecule has 0 saturated heterocycles. The van der Waals surface area contributed by atoms with Crippen molar-refractivity contribution in [2.24, 2.45) is 0 Å². The molecule has 0 atom stereocenters. The zero-order chi connectivity index (χ0) is 14.2. The molecule has 1 N–H and O–H groups in total. The molecule has 6 heteroatoms. The van der Waals surface area contributed by atoms with Gasteiger partial charge in [-0.1, -0.05) is 41.5 Å². The third-order valence-corrected chi connectivity index (χ3v) is 3.75. The minimum Gasteiger partial charge on any atom is -0.463 e. The number of fused-ring (bicyclic) bond motifs is 1. The van der Waals surface area contributed by atoms with E-state index < -0.39 is 14.2 Å². The van der Waals surface area contributed by atoms with E-state index in [2.05, 4.69) is 52.1 Å². The Balaban J connectivity index is 2.70. The maximum Gasteiger partial charge on any atom is 0.432 e. The van der Waals surface area contributed by atoms with Gasteiger partial charge in [-0.2, -0.15) is 9.78 Å². The average Bonchev–Trinajstić information content (AvgIpc) is 2.63. The van der Waals surface area contributed by atoms with Crippen molar-refractivity contribution in [2.45, 2.75) is 19.6 Å². The first kappa shape index (κ1) is 13.8. The van der Waals surface area contributed by atoms with Crippen LogP contribution in [-0.4, -0.2) is 29.1 Å². The second kappa shape index (κ2) is 4.83. The van der Waals surface area contributed by atoms with E-state index in [0.717, 1.165) is 14.5 Å². The smallest absolute Gasteiger partial charge is 0.432 e. The van der Waals surface area contributed by atoms with Gasteiger partial charge in [-0.15, -0.1) is 5.54 Å². The van der Waals surface area contributed by atoms with E-state index in [4.69, 9.17) is 5.11 Å². The summed E-state index contributed by atoms with van der Waals surface area (Å²) in [5.41, 5.74) is 4.27. The molecule has 0 unspecified atom stereocenters. The van der Waals surface area contributed by atoms with E-state index in [1.54, 1.807) is 12.1 Å². The number of carbonyl (C=O) groups is 1. The summed E-state index contributed by atoms with van der Waals surface area (Å²) >= 11 is 3.38. The Bertz CT molecular complexity index is 720. The molecule has 0 aliphatic rings. The van der Waals surface area contributed by atoms with Gasteiger partial charge in [0.25, 0.3) is 0 Å². The van der Waals surface area contributed by atoms with Crippen molar-refractivity contribution in [3.05, 3.63) is 28.4 Å². The summed E-state index contributed by atoms with van der Waals surface area (Å²) in [5.74, 6) is 3.03. The Morgan fingerprint density at radius 1 is 1.42 bits per heavy atom. The lowest BCUT2D eigenvalue weighted by atomic mass is 10.2. The topological polar surface area (TPSA) is 55.1 Å². The third kappa shape index (κ3) is 3.06. The molecule has 0 radical (unpaired) electrons. The van der Waals surface area contributed by atoms with Crippen LogP contribution < -0.4 is 0 Å². The fraction of sp³-hybridized carbons (Fsp3) is 0.231. The van der Waals surface area contributed by atoms with Crippen LogP contribution in [0.2, 0.25) is 19.6 Å². The highest BCUT2D eigenvalue weighted by Gasteiger charge is 2.14. The van der Waals surface area contributed by atoms with Crippen molar-refractivity contribution in [1.29, 1.82) is 0 Å². The van der Waals surface area contributed by atoms with Crippen LogP contribution >= 0.6 is 15.9 Å². The molecular formula is C13H13BrN2O2Si.